The number of carbonyl (C=O) groups excluding carboxylic acids is 2. The predicted molar refractivity (Wildman–Crippen MR) is 78.1 cm³/mol. The van der Waals surface area contributed by atoms with Crippen LogP contribution in [0.3, 0.4) is 0 Å². The van der Waals surface area contributed by atoms with Crippen molar-refractivity contribution in [2.75, 3.05) is 6.61 Å². The van der Waals surface area contributed by atoms with Crippen molar-refractivity contribution >= 4 is 11.9 Å². The lowest BCUT2D eigenvalue weighted by Gasteiger charge is -2.32. The van der Waals surface area contributed by atoms with Gasteiger partial charge in [-0.1, -0.05) is 25.7 Å². The van der Waals surface area contributed by atoms with E-state index in [1.54, 1.807) is 6.92 Å². The molecule has 0 aliphatic heterocycles. The second-order valence-corrected chi connectivity index (χ2v) is 6.04. The molecule has 1 aliphatic rings. The molecule has 1 amide bonds. The second kappa shape index (κ2) is 7.71. The zero-order chi connectivity index (χ0) is 17.7. The average Bonchev–Trinajstić information content (AvgIpc) is 2.51. The number of rotatable bonds is 5. The summed E-state index contributed by atoms with van der Waals surface area (Å²) in [4.78, 5) is 24.3. The third-order valence-electron chi connectivity index (χ3n) is 4.21. The van der Waals surface area contributed by atoms with Gasteiger partial charge in [0.1, 0.15) is 0 Å². The summed E-state index contributed by atoms with van der Waals surface area (Å²) < 4.78 is 40.8. The van der Waals surface area contributed by atoms with E-state index in [0.717, 1.165) is 6.42 Å². The van der Waals surface area contributed by atoms with E-state index in [-0.39, 0.29) is 0 Å². The van der Waals surface area contributed by atoms with Crippen molar-refractivity contribution in [2.45, 2.75) is 57.7 Å². The Labute approximate surface area is 134 Å². The largest absolute Gasteiger partial charge is 0.456 e. The molecule has 1 fully saturated rings. The zero-order valence-corrected chi connectivity index (χ0v) is 13.3. The Balaban J connectivity index is 2.76. The van der Waals surface area contributed by atoms with E-state index in [0.29, 0.717) is 25.7 Å². The summed E-state index contributed by atoms with van der Waals surface area (Å²) in [5.74, 6) is -0.444. The van der Waals surface area contributed by atoms with Crippen LogP contribution in [0, 0.1) is 24.2 Å². The highest BCUT2D eigenvalue weighted by Crippen LogP contribution is 2.32. The molecule has 0 aromatic carbocycles. The Morgan fingerprint density at radius 3 is 2.30 bits per heavy atom. The summed E-state index contributed by atoms with van der Waals surface area (Å²) in [6.07, 6.45) is 3.52. The first-order valence-corrected chi connectivity index (χ1v) is 7.65. The van der Waals surface area contributed by atoms with E-state index < -0.39 is 42.0 Å². The lowest BCUT2D eigenvalue weighted by Crippen LogP contribution is -2.50. The fourth-order valence-corrected chi connectivity index (χ4v) is 2.58. The van der Waals surface area contributed by atoms with Gasteiger partial charge in [0.05, 0.1) is 17.4 Å². The van der Waals surface area contributed by atoms with E-state index in [9.17, 15) is 22.8 Å². The molecule has 1 N–H and O–H groups in total. The van der Waals surface area contributed by atoms with Crippen molar-refractivity contribution in [3.8, 4) is 12.3 Å². The van der Waals surface area contributed by atoms with Gasteiger partial charge in [0.2, 0.25) is 5.91 Å². The zero-order valence-electron chi connectivity index (χ0n) is 13.3. The number of hydrogen-bond acceptors (Lipinski definition) is 3. The van der Waals surface area contributed by atoms with Crippen molar-refractivity contribution < 1.29 is 27.5 Å². The van der Waals surface area contributed by atoms with Crippen molar-refractivity contribution in [3.63, 3.8) is 0 Å². The number of halogens is 3. The first-order valence-electron chi connectivity index (χ1n) is 7.65. The SMILES string of the molecule is C#C[C@@](C)(CC)NC(=O)[C@@H]1CCCC[C@H]1C(=O)OCC(F)(F)F. The van der Waals surface area contributed by atoms with Gasteiger partial charge >= 0.3 is 12.1 Å². The number of hydrogen-bond donors (Lipinski definition) is 1. The van der Waals surface area contributed by atoms with Crippen LogP contribution in [0.5, 0.6) is 0 Å². The number of alkyl halides is 3. The monoisotopic (exact) mass is 333 g/mol. The Morgan fingerprint density at radius 1 is 1.26 bits per heavy atom. The highest BCUT2D eigenvalue weighted by Gasteiger charge is 2.40. The molecule has 0 aromatic rings. The summed E-state index contributed by atoms with van der Waals surface area (Å²) >= 11 is 0. The number of terminal acetylenes is 1. The minimum Gasteiger partial charge on any atom is -0.456 e. The molecule has 0 aromatic heterocycles. The first kappa shape index (κ1) is 19.3. The molecule has 3 atom stereocenters. The Kier molecular flexibility index (Phi) is 6.48. The molecule has 0 unspecified atom stereocenters. The minimum absolute atomic E-state index is 0.341. The number of ether oxygens (including phenoxy) is 1. The van der Waals surface area contributed by atoms with E-state index in [2.05, 4.69) is 16.0 Å². The van der Waals surface area contributed by atoms with Crippen LogP contribution in [-0.4, -0.2) is 30.2 Å². The van der Waals surface area contributed by atoms with Crippen LogP contribution < -0.4 is 5.32 Å². The third-order valence-corrected chi connectivity index (χ3v) is 4.21. The van der Waals surface area contributed by atoms with Crippen molar-refractivity contribution in [1.29, 1.82) is 0 Å². The number of esters is 1. The summed E-state index contributed by atoms with van der Waals surface area (Å²) in [5, 5.41) is 2.71. The van der Waals surface area contributed by atoms with Gasteiger partial charge in [0.15, 0.2) is 6.61 Å². The van der Waals surface area contributed by atoms with E-state index >= 15 is 0 Å². The smallest absolute Gasteiger partial charge is 0.422 e. The van der Waals surface area contributed by atoms with Gasteiger partial charge in [-0.05, 0) is 26.2 Å². The highest BCUT2D eigenvalue weighted by molar-refractivity contribution is 5.86. The molecule has 0 radical (unpaired) electrons. The Hall–Kier alpha value is -1.71. The summed E-state index contributed by atoms with van der Waals surface area (Å²) in [7, 11) is 0. The van der Waals surface area contributed by atoms with Gasteiger partial charge < -0.3 is 10.1 Å². The van der Waals surface area contributed by atoms with Crippen LogP contribution in [0.15, 0.2) is 0 Å². The molecule has 1 saturated carbocycles. The molecule has 1 rings (SSSR count). The Morgan fingerprint density at radius 2 is 1.83 bits per heavy atom. The molecule has 1 aliphatic carbocycles. The molecule has 4 nitrogen and oxygen atoms in total. The molecule has 0 heterocycles. The summed E-state index contributed by atoms with van der Waals surface area (Å²) in [5.41, 5.74) is -0.838. The molecule has 23 heavy (non-hydrogen) atoms. The van der Waals surface area contributed by atoms with Crippen molar-refractivity contribution in [2.24, 2.45) is 11.8 Å². The van der Waals surface area contributed by atoms with Gasteiger partial charge in [-0.2, -0.15) is 13.2 Å². The standard InChI is InChI=1S/C16H22F3NO3/c1-4-15(3,5-2)20-13(21)11-8-6-7-9-12(11)14(22)23-10-16(17,18)19/h1,11-12H,5-10H2,2-3H3,(H,20,21)/t11-,12-,15+/m1/s1. The van der Waals surface area contributed by atoms with Crippen LogP contribution in [0.25, 0.3) is 0 Å². The van der Waals surface area contributed by atoms with E-state index in [1.807, 2.05) is 6.92 Å². The van der Waals surface area contributed by atoms with Crippen molar-refractivity contribution in [1.82, 2.24) is 5.32 Å². The summed E-state index contributed by atoms with van der Waals surface area (Å²) in [6.45, 7) is 1.87. The molecule has 7 heteroatoms. The van der Waals surface area contributed by atoms with Crippen LogP contribution in [0.4, 0.5) is 13.2 Å². The fraction of sp³-hybridized carbons (Fsp3) is 0.750. The molecule has 0 saturated heterocycles. The highest BCUT2D eigenvalue weighted by atomic mass is 19.4. The molecule has 0 bridgehead atoms. The van der Waals surface area contributed by atoms with Gasteiger partial charge in [-0.15, -0.1) is 6.42 Å². The number of amides is 1. The van der Waals surface area contributed by atoms with Crippen LogP contribution in [-0.2, 0) is 14.3 Å². The van der Waals surface area contributed by atoms with Gasteiger partial charge in [-0.3, -0.25) is 9.59 Å². The van der Waals surface area contributed by atoms with Crippen LogP contribution >= 0.6 is 0 Å². The van der Waals surface area contributed by atoms with Crippen LogP contribution in [0.1, 0.15) is 46.0 Å². The first-order chi connectivity index (χ1) is 10.6. The second-order valence-electron chi connectivity index (χ2n) is 6.04. The molecule has 130 valence electrons. The minimum atomic E-state index is -4.58. The topological polar surface area (TPSA) is 55.4 Å². The lowest BCUT2D eigenvalue weighted by atomic mass is 9.78. The quantitative estimate of drug-likeness (QED) is 0.622. The van der Waals surface area contributed by atoms with Gasteiger partial charge in [0.25, 0.3) is 0 Å². The summed E-state index contributed by atoms with van der Waals surface area (Å²) in [6, 6.07) is 0. The van der Waals surface area contributed by atoms with Gasteiger partial charge in [0, 0.05) is 0 Å². The van der Waals surface area contributed by atoms with Crippen LogP contribution in [0.2, 0.25) is 0 Å². The number of nitrogens with one attached hydrogen (secondary N) is 1. The molecule has 0 spiro atoms. The molecular formula is C16H22F3NO3. The maximum atomic E-state index is 12.4. The fourth-order valence-electron chi connectivity index (χ4n) is 2.58. The van der Waals surface area contributed by atoms with E-state index in [4.69, 9.17) is 6.42 Å². The lowest BCUT2D eigenvalue weighted by molar-refractivity contribution is -0.191. The normalized spacial score (nSPS) is 24.2. The van der Waals surface area contributed by atoms with E-state index in [1.165, 1.54) is 0 Å². The maximum Gasteiger partial charge on any atom is 0.422 e. The molecular weight excluding hydrogens is 311 g/mol. The maximum absolute atomic E-state index is 12.4. The third kappa shape index (κ3) is 5.77. The van der Waals surface area contributed by atoms with Crippen molar-refractivity contribution in [3.05, 3.63) is 0 Å². The number of carbonyl (C=O) groups is 2. The predicted octanol–water partition coefficient (Wildman–Crippen LogP) is 2.82. The average molecular weight is 333 g/mol. The Bertz CT molecular complexity index is 484. The van der Waals surface area contributed by atoms with Gasteiger partial charge in [-0.25, -0.2) is 0 Å².